The van der Waals surface area contributed by atoms with Crippen LogP contribution in [0.15, 0.2) is 0 Å². The average Bonchev–Trinajstić information content (AvgIpc) is 0.834. The van der Waals surface area contributed by atoms with Crippen LogP contribution in [-0.2, 0) is 105 Å². The molecule has 0 aromatic carbocycles. The molecule has 0 heterocycles. The maximum Gasteiger partial charge on any atom is 0.306 e. The lowest BCUT2D eigenvalue weighted by atomic mass is 9.80. The second-order valence-corrected chi connectivity index (χ2v) is 37.3. The molecule has 0 atom stereocenters. The topological polar surface area (TPSA) is 353 Å². The molecule has 0 bridgehead atoms. The molecule has 0 radical (unpaired) electrons. The van der Waals surface area contributed by atoms with Crippen LogP contribution in [0.2, 0.25) is 0 Å². The predicted octanol–water partition coefficient (Wildman–Crippen LogP) is 13.2. The highest BCUT2D eigenvalue weighted by atomic mass is 79.9. The first-order chi connectivity index (χ1) is 47.2. The Balaban J connectivity index is 8.94. The van der Waals surface area contributed by atoms with Crippen molar-refractivity contribution in [2.24, 2.45) is 0 Å². The van der Waals surface area contributed by atoms with Crippen molar-refractivity contribution in [3.05, 3.63) is 0 Å². The molecule has 4 N–H and O–H groups in total. The van der Waals surface area contributed by atoms with Crippen LogP contribution in [0.3, 0.4) is 0 Å². The van der Waals surface area contributed by atoms with Gasteiger partial charge in [0, 0.05) is 99.2 Å². The first kappa shape index (κ1) is 98.6. The first-order valence-corrected chi connectivity index (χ1v) is 38.1. The zero-order chi connectivity index (χ0) is 81.9. The molecule has 0 saturated carbocycles. The van der Waals surface area contributed by atoms with Crippen LogP contribution in [0.1, 0.15) is 341 Å². The summed E-state index contributed by atoms with van der Waals surface area (Å²) in [6, 6.07) is 0. The highest BCUT2D eigenvalue weighted by molar-refractivity contribution is 9.09. The Morgan fingerprint density at radius 3 is 0.400 bits per heavy atom. The molecule has 0 aromatic heterocycles. The van der Waals surface area contributed by atoms with Gasteiger partial charge in [0.2, 0.25) is 23.6 Å². The van der Waals surface area contributed by atoms with E-state index in [1.165, 1.54) is 0 Å². The van der Waals surface area contributed by atoms with Gasteiger partial charge < -0.3 is 63.9 Å². The van der Waals surface area contributed by atoms with Gasteiger partial charge in [0.05, 0.1) is 5.33 Å². The van der Waals surface area contributed by atoms with Gasteiger partial charge in [-0.15, -0.1) is 0 Å². The third-order valence-electron chi connectivity index (χ3n) is 15.3. The highest BCUT2D eigenvalue weighted by Gasteiger charge is 2.43. The third-order valence-corrected chi connectivity index (χ3v) is 15.8. The van der Waals surface area contributed by atoms with Crippen molar-refractivity contribution in [2.75, 3.05) is 5.33 Å². The Morgan fingerprint density at radius 2 is 0.295 bits per heavy atom. The van der Waals surface area contributed by atoms with Crippen LogP contribution in [0.5, 0.6) is 0 Å². The van der Waals surface area contributed by atoms with Crippen LogP contribution < -0.4 is 21.3 Å². The lowest BCUT2D eigenvalue weighted by Gasteiger charge is -2.39. The number of nitrogens with one attached hydrogen (secondary N) is 4. The molecule has 0 rings (SSSR count). The largest absolute Gasteiger partial charge is 0.460 e. The smallest absolute Gasteiger partial charge is 0.306 e. The van der Waals surface area contributed by atoms with Crippen LogP contribution >= 0.6 is 15.9 Å². The molecule has 0 aliphatic heterocycles. The van der Waals surface area contributed by atoms with E-state index >= 15 is 14.4 Å². The minimum atomic E-state index is -1.72. The molecule has 606 valence electrons. The molecule has 26 nitrogen and oxygen atoms in total. The van der Waals surface area contributed by atoms with Crippen LogP contribution in [0.25, 0.3) is 0 Å². The predicted molar refractivity (Wildman–Crippen MR) is 401 cm³/mol. The standard InChI is InChI=1S/C78H135BrN4O22/c1-66(2,3)97-57(88)31-43-76(44-32-58(89)98-67(4,5)6,45-33-59(90)99-68(7,8)9)80-53(84)28-40-75(83-56(87)52-79,41-29-54(85)81-77(46-34-60(91)100-69(10,11)12,47-35-61(92)101-70(13,14)15)48-36-62(93)102-71(16,17)18)42-30-55(86)82-78(49-37-63(94)103-72(19,20)21,50-38-64(95)104-73(22,23)24)51-39-65(96)105-74(25,26)27/h28-52H2,1-27H3,(H,80,84)(H,81,85)(H,82,86)(H,83,87). The van der Waals surface area contributed by atoms with E-state index in [1.54, 1.807) is 187 Å². The molecular formula is C78H135BrN4O22. The summed E-state index contributed by atoms with van der Waals surface area (Å²) in [6.07, 6.45) is -6.47. The van der Waals surface area contributed by atoms with Crippen LogP contribution in [0, 0.1) is 0 Å². The minimum Gasteiger partial charge on any atom is -0.460 e. The van der Waals surface area contributed by atoms with Crippen molar-refractivity contribution >= 4 is 93.3 Å². The van der Waals surface area contributed by atoms with Crippen LogP contribution in [-0.4, -0.2) is 155 Å². The van der Waals surface area contributed by atoms with Gasteiger partial charge in [0.1, 0.15) is 50.4 Å². The molecule has 0 aliphatic carbocycles. The van der Waals surface area contributed by atoms with E-state index in [9.17, 15) is 47.9 Å². The molecule has 0 unspecified atom stereocenters. The highest BCUT2D eigenvalue weighted by Crippen LogP contribution is 2.35. The van der Waals surface area contributed by atoms with Gasteiger partial charge in [-0.1, -0.05) is 15.9 Å². The van der Waals surface area contributed by atoms with Crippen molar-refractivity contribution in [3.63, 3.8) is 0 Å². The average molecular weight is 1560 g/mol. The Labute approximate surface area is 635 Å². The molecule has 4 amide bonds. The van der Waals surface area contributed by atoms with Crippen molar-refractivity contribution in [2.45, 2.75) is 414 Å². The van der Waals surface area contributed by atoms with Gasteiger partial charge in [-0.05, 0) is 264 Å². The summed E-state index contributed by atoms with van der Waals surface area (Å²) in [7, 11) is 0. The number of halogens is 1. The number of ether oxygens (including phenoxy) is 9. The summed E-state index contributed by atoms with van der Waals surface area (Å²) in [6.45, 7) is 45.5. The number of rotatable bonds is 41. The lowest BCUT2D eigenvalue weighted by Crippen LogP contribution is -2.54. The summed E-state index contributed by atoms with van der Waals surface area (Å²) in [5.74, 6) is -8.58. The van der Waals surface area contributed by atoms with E-state index in [4.69, 9.17) is 42.6 Å². The number of hydrogen-bond donors (Lipinski definition) is 4. The number of alkyl halides is 1. The summed E-state index contributed by atoms with van der Waals surface area (Å²) in [5.41, 5.74) is -14.6. The van der Waals surface area contributed by atoms with Gasteiger partial charge in [0.25, 0.3) is 0 Å². The van der Waals surface area contributed by atoms with Gasteiger partial charge in [-0.25, -0.2) is 0 Å². The molecule has 0 fully saturated rings. The van der Waals surface area contributed by atoms with E-state index in [2.05, 4.69) is 37.2 Å². The first-order valence-electron chi connectivity index (χ1n) is 36.9. The maximum atomic E-state index is 15.2. The molecule has 0 spiro atoms. The number of amides is 4. The molecule has 0 aliphatic rings. The fourth-order valence-corrected chi connectivity index (χ4v) is 11.5. The van der Waals surface area contributed by atoms with Gasteiger partial charge in [0.15, 0.2) is 0 Å². The summed E-state index contributed by atoms with van der Waals surface area (Å²) in [5, 5.41) is 11.9. The van der Waals surface area contributed by atoms with E-state index in [0.717, 1.165) is 0 Å². The van der Waals surface area contributed by atoms with Crippen molar-refractivity contribution in [1.82, 2.24) is 21.3 Å². The fraction of sp³-hybridized carbons (Fsp3) is 0.833. The molecule has 0 saturated heterocycles. The Hall–Kier alpha value is -6.41. The molecule has 27 heteroatoms. The summed E-state index contributed by atoms with van der Waals surface area (Å²) < 4.78 is 51.2. The van der Waals surface area contributed by atoms with Gasteiger partial charge >= 0.3 is 53.7 Å². The SMILES string of the molecule is CC(C)(C)OC(=O)CCC(CCC(=O)OC(C)(C)C)(CCC(=O)OC(C)(C)C)NC(=O)CCC(CCC(=O)NC(CCC(=O)OC(C)(C)C)(CCC(=O)OC(C)(C)C)CCC(=O)OC(C)(C)C)(CCC(=O)NC(CCC(=O)OC(C)(C)C)(CCC(=O)OC(C)(C)C)CCC(=O)OC(C)(C)C)NC(=O)CBr. The zero-order valence-corrected chi connectivity index (χ0v) is 70.6. The third kappa shape index (κ3) is 50.7. The fourth-order valence-electron chi connectivity index (χ4n) is 11.3. The Kier molecular flexibility index (Phi) is 38.7. The molecule has 0 aromatic rings. The van der Waals surface area contributed by atoms with E-state index in [-0.39, 0.29) is 140 Å². The monoisotopic (exact) mass is 1560 g/mol. The van der Waals surface area contributed by atoms with Gasteiger partial charge in [-0.3, -0.25) is 62.3 Å². The van der Waals surface area contributed by atoms with Crippen molar-refractivity contribution < 1.29 is 105 Å². The second-order valence-electron chi connectivity index (χ2n) is 36.7. The normalized spacial score (nSPS) is 13.1. The number of esters is 9. The Morgan fingerprint density at radius 1 is 0.190 bits per heavy atom. The molecular weight excluding hydrogens is 1420 g/mol. The summed E-state index contributed by atoms with van der Waals surface area (Å²) >= 11 is 3.26. The summed E-state index contributed by atoms with van der Waals surface area (Å²) in [4.78, 5) is 182. The Bertz CT molecular complexity index is 2380. The van der Waals surface area contributed by atoms with Crippen molar-refractivity contribution in [1.29, 1.82) is 0 Å². The van der Waals surface area contributed by atoms with Crippen LogP contribution in [0.4, 0.5) is 0 Å². The zero-order valence-electron chi connectivity index (χ0n) is 69.0. The minimum absolute atomic E-state index is 0.153. The number of carbonyl (C=O) groups excluding carboxylic acids is 13. The maximum absolute atomic E-state index is 15.2. The second kappa shape index (κ2) is 41.2. The number of hydrogen-bond acceptors (Lipinski definition) is 22. The quantitative estimate of drug-likeness (QED) is 0.0251. The van der Waals surface area contributed by atoms with E-state index < -0.39 is 169 Å². The van der Waals surface area contributed by atoms with Crippen molar-refractivity contribution in [3.8, 4) is 0 Å². The van der Waals surface area contributed by atoms with E-state index in [0.29, 0.717) is 0 Å². The van der Waals surface area contributed by atoms with Gasteiger partial charge in [-0.2, -0.15) is 0 Å². The lowest BCUT2D eigenvalue weighted by molar-refractivity contribution is -0.158. The van der Waals surface area contributed by atoms with E-state index in [1.807, 2.05) is 0 Å². The molecule has 105 heavy (non-hydrogen) atoms. The number of carbonyl (C=O) groups is 13.